The molecule has 3 aromatic rings. The molecule has 0 bridgehead atoms. The van der Waals surface area contributed by atoms with E-state index in [-0.39, 0.29) is 21.7 Å². The Kier molecular flexibility index (Phi) is 4.21. The number of halogens is 1. The standard InChI is InChI=1S/C13H8IN3O4S2/c14-7-4-5-8(13(18)19)10(6-7)17-23(20,21)11-3-1-2-9-12(11)16-22-15-9/h1-6,17H,(H,18,19). The Morgan fingerprint density at radius 3 is 2.74 bits per heavy atom. The molecule has 7 nitrogen and oxygen atoms in total. The van der Waals surface area contributed by atoms with Crippen molar-refractivity contribution >= 4 is 67.0 Å². The molecule has 0 saturated carbocycles. The van der Waals surface area contributed by atoms with Crippen LogP contribution in [-0.4, -0.2) is 28.2 Å². The highest BCUT2D eigenvalue weighted by Crippen LogP contribution is 2.26. The minimum Gasteiger partial charge on any atom is -0.478 e. The molecular weight excluding hydrogens is 453 g/mol. The summed E-state index contributed by atoms with van der Waals surface area (Å²) in [7, 11) is -4.00. The molecule has 0 amide bonds. The number of nitrogens with zero attached hydrogens (tertiary/aromatic N) is 2. The van der Waals surface area contributed by atoms with Gasteiger partial charge in [-0.25, -0.2) is 13.2 Å². The van der Waals surface area contributed by atoms with E-state index in [9.17, 15) is 18.3 Å². The molecule has 0 saturated heterocycles. The van der Waals surface area contributed by atoms with Gasteiger partial charge in [0, 0.05) is 3.57 Å². The van der Waals surface area contributed by atoms with Crippen molar-refractivity contribution in [3.05, 3.63) is 45.5 Å². The maximum Gasteiger partial charge on any atom is 0.337 e. The molecular formula is C13H8IN3O4S2. The van der Waals surface area contributed by atoms with Crippen LogP contribution in [0.4, 0.5) is 5.69 Å². The van der Waals surface area contributed by atoms with E-state index in [4.69, 9.17) is 0 Å². The van der Waals surface area contributed by atoms with Crippen molar-refractivity contribution in [1.82, 2.24) is 8.75 Å². The van der Waals surface area contributed by atoms with Crippen molar-refractivity contribution in [3.8, 4) is 0 Å². The van der Waals surface area contributed by atoms with Gasteiger partial charge in [0.1, 0.15) is 15.9 Å². The maximum absolute atomic E-state index is 12.6. The largest absolute Gasteiger partial charge is 0.478 e. The van der Waals surface area contributed by atoms with E-state index in [2.05, 4.69) is 13.5 Å². The summed E-state index contributed by atoms with van der Waals surface area (Å²) in [6.45, 7) is 0. The fourth-order valence-electron chi connectivity index (χ4n) is 1.99. The SMILES string of the molecule is O=C(O)c1ccc(I)cc1NS(=O)(=O)c1cccc2nsnc12. The number of hydrogen-bond donors (Lipinski definition) is 2. The maximum atomic E-state index is 12.6. The van der Waals surface area contributed by atoms with Gasteiger partial charge in [0.05, 0.1) is 23.0 Å². The molecule has 0 aliphatic carbocycles. The molecule has 2 N–H and O–H groups in total. The quantitative estimate of drug-likeness (QED) is 0.579. The number of carbonyl (C=O) groups is 1. The summed E-state index contributed by atoms with van der Waals surface area (Å²) < 4.78 is 36.3. The number of aromatic nitrogens is 2. The van der Waals surface area contributed by atoms with E-state index >= 15 is 0 Å². The van der Waals surface area contributed by atoms with Gasteiger partial charge >= 0.3 is 5.97 Å². The van der Waals surface area contributed by atoms with Crippen LogP contribution >= 0.6 is 34.3 Å². The monoisotopic (exact) mass is 461 g/mol. The molecule has 23 heavy (non-hydrogen) atoms. The first-order valence-corrected chi connectivity index (χ1v) is 9.44. The highest BCUT2D eigenvalue weighted by Gasteiger charge is 2.22. The number of carboxylic acids is 1. The number of carboxylic acid groups (broad SMARTS) is 1. The predicted octanol–water partition coefficient (Wildman–Crippen LogP) is 2.79. The lowest BCUT2D eigenvalue weighted by Crippen LogP contribution is -2.16. The van der Waals surface area contributed by atoms with Crippen LogP contribution in [0.1, 0.15) is 10.4 Å². The number of rotatable bonds is 4. The normalized spacial score (nSPS) is 11.5. The van der Waals surface area contributed by atoms with Crippen LogP contribution in [0, 0.1) is 3.57 Å². The zero-order valence-electron chi connectivity index (χ0n) is 11.2. The van der Waals surface area contributed by atoms with Gasteiger partial charge in [0.25, 0.3) is 10.0 Å². The van der Waals surface area contributed by atoms with Gasteiger partial charge in [-0.05, 0) is 52.9 Å². The summed E-state index contributed by atoms with van der Waals surface area (Å²) in [6, 6.07) is 9.03. The Hall–Kier alpha value is -1.79. The first kappa shape index (κ1) is 16.1. The Balaban J connectivity index is 2.11. The summed E-state index contributed by atoms with van der Waals surface area (Å²) in [6.07, 6.45) is 0. The lowest BCUT2D eigenvalue weighted by atomic mass is 10.2. The van der Waals surface area contributed by atoms with Crippen molar-refractivity contribution < 1.29 is 18.3 Å². The van der Waals surface area contributed by atoms with Crippen molar-refractivity contribution in [2.24, 2.45) is 0 Å². The van der Waals surface area contributed by atoms with E-state index in [0.717, 1.165) is 11.7 Å². The molecule has 0 aliphatic rings. The highest BCUT2D eigenvalue weighted by molar-refractivity contribution is 14.1. The van der Waals surface area contributed by atoms with Crippen molar-refractivity contribution in [1.29, 1.82) is 0 Å². The highest BCUT2D eigenvalue weighted by atomic mass is 127. The van der Waals surface area contributed by atoms with Crippen LogP contribution in [0.5, 0.6) is 0 Å². The molecule has 0 unspecified atom stereocenters. The summed E-state index contributed by atoms with van der Waals surface area (Å²) in [5.74, 6) is -1.22. The van der Waals surface area contributed by atoms with E-state index in [1.165, 1.54) is 18.2 Å². The number of hydrogen-bond acceptors (Lipinski definition) is 6. The minimum atomic E-state index is -4.00. The number of aromatic carboxylic acids is 1. The van der Waals surface area contributed by atoms with Crippen LogP contribution in [-0.2, 0) is 10.0 Å². The molecule has 1 aromatic heterocycles. The van der Waals surface area contributed by atoms with Gasteiger partial charge in [0.2, 0.25) is 0 Å². The van der Waals surface area contributed by atoms with E-state index in [1.807, 2.05) is 22.6 Å². The van der Waals surface area contributed by atoms with E-state index in [1.54, 1.807) is 18.2 Å². The number of benzene rings is 2. The average molecular weight is 461 g/mol. The lowest BCUT2D eigenvalue weighted by molar-refractivity contribution is 0.0698. The lowest BCUT2D eigenvalue weighted by Gasteiger charge is -2.11. The Bertz CT molecular complexity index is 1020. The molecule has 2 aromatic carbocycles. The minimum absolute atomic E-state index is 0.00425. The fraction of sp³-hybridized carbons (Fsp3) is 0. The number of nitrogens with one attached hydrogen (secondary N) is 1. The summed E-state index contributed by atoms with van der Waals surface area (Å²) in [4.78, 5) is 11.2. The smallest absolute Gasteiger partial charge is 0.337 e. The molecule has 1 heterocycles. The molecule has 118 valence electrons. The molecule has 0 aliphatic heterocycles. The van der Waals surface area contributed by atoms with E-state index < -0.39 is 16.0 Å². The third kappa shape index (κ3) is 3.14. The summed E-state index contributed by atoms with van der Waals surface area (Å²) >= 11 is 2.89. The first-order valence-electron chi connectivity index (χ1n) is 6.15. The Morgan fingerprint density at radius 1 is 1.22 bits per heavy atom. The fourth-order valence-corrected chi connectivity index (χ4v) is 4.31. The number of sulfonamides is 1. The van der Waals surface area contributed by atoms with Gasteiger partial charge in [-0.2, -0.15) is 8.75 Å². The third-order valence-electron chi connectivity index (χ3n) is 2.99. The predicted molar refractivity (Wildman–Crippen MR) is 94.3 cm³/mol. The molecule has 0 spiro atoms. The van der Waals surface area contributed by atoms with Crippen LogP contribution < -0.4 is 4.72 Å². The van der Waals surface area contributed by atoms with Crippen molar-refractivity contribution in [2.75, 3.05) is 4.72 Å². The second kappa shape index (κ2) is 6.02. The van der Waals surface area contributed by atoms with Crippen LogP contribution in [0.15, 0.2) is 41.3 Å². The topological polar surface area (TPSA) is 109 Å². The van der Waals surface area contributed by atoms with Gasteiger partial charge in [-0.15, -0.1) is 0 Å². The third-order valence-corrected chi connectivity index (χ3v) is 5.61. The molecule has 10 heteroatoms. The molecule has 0 radical (unpaired) electrons. The molecule has 3 rings (SSSR count). The zero-order valence-corrected chi connectivity index (χ0v) is 15.0. The van der Waals surface area contributed by atoms with Crippen LogP contribution in [0.25, 0.3) is 11.0 Å². The van der Waals surface area contributed by atoms with Gasteiger partial charge in [0.15, 0.2) is 0 Å². The van der Waals surface area contributed by atoms with Crippen LogP contribution in [0.2, 0.25) is 0 Å². The average Bonchev–Trinajstić information content (AvgIpc) is 2.94. The van der Waals surface area contributed by atoms with Crippen LogP contribution in [0.3, 0.4) is 0 Å². The molecule has 0 fully saturated rings. The van der Waals surface area contributed by atoms with Gasteiger partial charge < -0.3 is 5.11 Å². The zero-order chi connectivity index (χ0) is 16.6. The first-order chi connectivity index (χ1) is 10.9. The van der Waals surface area contributed by atoms with E-state index in [0.29, 0.717) is 9.09 Å². The van der Waals surface area contributed by atoms with Crippen molar-refractivity contribution in [2.45, 2.75) is 4.90 Å². The summed E-state index contributed by atoms with van der Waals surface area (Å²) in [5.41, 5.74) is 0.605. The summed E-state index contributed by atoms with van der Waals surface area (Å²) in [5, 5.41) is 9.20. The number of anilines is 1. The molecule has 0 atom stereocenters. The second-order valence-corrected chi connectivity index (χ2v) is 7.91. The van der Waals surface area contributed by atoms with Gasteiger partial charge in [-0.1, -0.05) is 6.07 Å². The second-order valence-electron chi connectivity index (χ2n) is 4.49. The Morgan fingerprint density at radius 2 is 2.00 bits per heavy atom. The Labute approximate surface area is 148 Å². The van der Waals surface area contributed by atoms with Gasteiger partial charge in [-0.3, -0.25) is 4.72 Å². The number of fused-ring (bicyclic) bond motifs is 1. The van der Waals surface area contributed by atoms with Crippen molar-refractivity contribution in [3.63, 3.8) is 0 Å².